The Kier molecular flexibility index (Phi) is 5.81. The van der Waals surface area contributed by atoms with Crippen LogP contribution in [0.1, 0.15) is 0 Å². The summed E-state index contributed by atoms with van der Waals surface area (Å²) in [6, 6.07) is 20.9. The first-order valence-corrected chi connectivity index (χ1v) is 10.5. The summed E-state index contributed by atoms with van der Waals surface area (Å²) in [5.41, 5.74) is 3.60. The number of methoxy groups -OCH3 is 1. The number of halogens is 1. The second-order valence-electron chi connectivity index (χ2n) is 6.43. The van der Waals surface area contributed by atoms with Crippen LogP contribution in [-0.4, -0.2) is 26.8 Å². The van der Waals surface area contributed by atoms with Crippen LogP contribution in [-0.2, 0) is 10.0 Å². The molecule has 0 fully saturated rings. The van der Waals surface area contributed by atoms with E-state index in [4.69, 9.17) is 9.72 Å². The summed E-state index contributed by atoms with van der Waals surface area (Å²) in [4.78, 5) is 4.72. The minimum Gasteiger partial charge on any atom is -0.497 e. The zero-order valence-electron chi connectivity index (χ0n) is 15.8. The molecular formula is C21H20ClN3O3S. The standard InChI is InChI=1S/C21H19N3O3S.ClH/c1-27-14-11-12-19(20(13-14)24-28(2,25)26)23-21-15-7-3-5-9-17(15)22-18-10-6-4-8-16(18)21;/h3-13,24H,1-2H3,(H,22,23);1H. The van der Waals surface area contributed by atoms with Crippen molar-refractivity contribution in [3.05, 3.63) is 66.7 Å². The largest absolute Gasteiger partial charge is 0.497 e. The van der Waals surface area contributed by atoms with Gasteiger partial charge >= 0.3 is 0 Å². The average molecular weight is 430 g/mol. The van der Waals surface area contributed by atoms with E-state index in [1.54, 1.807) is 18.2 Å². The smallest absolute Gasteiger partial charge is 0.229 e. The van der Waals surface area contributed by atoms with Gasteiger partial charge in [-0.05, 0) is 24.3 Å². The molecule has 0 aliphatic heterocycles. The summed E-state index contributed by atoms with van der Waals surface area (Å²) in [6.07, 6.45) is 1.12. The Labute approximate surface area is 175 Å². The average Bonchev–Trinajstić information content (AvgIpc) is 2.67. The number of pyridine rings is 1. The molecule has 6 nitrogen and oxygen atoms in total. The molecule has 0 amide bonds. The minimum atomic E-state index is -3.46. The second-order valence-corrected chi connectivity index (χ2v) is 8.18. The van der Waals surface area contributed by atoms with E-state index in [0.29, 0.717) is 17.1 Å². The van der Waals surface area contributed by atoms with Crippen molar-refractivity contribution >= 4 is 61.3 Å². The molecule has 0 radical (unpaired) electrons. The molecule has 29 heavy (non-hydrogen) atoms. The molecule has 150 valence electrons. The number of ether oxygens (including phenoxy) is 1. The van der Waals surface area contributed by atoms with Crippen LogP contribution in [0.2, 0.25) is 0 Å². The molecule has 4 rings (SSSR count). The van der Waals surface area contributed by atoms with Gasteiger partial charge < -0.3 is 10.1 Å². The van der Waals surface area contributed by atoms with Crippen LogP contribution in [0.5, 0.6) is 5.75 Å². The highest BCUT2D eigenvalue weighted by molar-refractivity contribution is 7.92. The number of rotatable bonds is 5. The van der Waals surface area contributed by atoms with Crippen molar-refractivity contribution in [1.82, 2.24) is 4.98 Å². The summed E-state index contributed by atoms with van der Waals surface area (Å²) in [5, 5.41) is 5.30. The normalized spacial score (nSPS) is 11.1. The third kappa shape index (κ3) is 4.36. The fraction of sp³-hybridized carbons (Fsp3) is 0.0952. The van der Waals surface area contributed by atoms with E-state index in [1.807, 2.05) is 48.5 Å². The molecule has 8 heteroatoms. The van der Waals surface area contributed by atoms with Crippen molar-refractivity contribution < 1.29 is 13.2 Å². The first kappa shape index (κ1) is 20.7. The van der Waals surface area contributed by atoms with Gasteiger partial charge in [0.05, 0.1) is 41.5 Å². The molecule has 0 atom stereocenters. The van der Waals surface area contributed by atoms with Crippen molar-refractivity contribution in [2.45, 2.75) is 0 Å². The van der Waals surface area contributed by atoms with E-state index in [0.717, 1.165) is 33.7 Å². The number of aromatic nitrogens is 1. The van der Waals surface area contributed by atoms with Gasteiger partial charge in [0.15, 0.2) is 0 Å². The first-order valence-electron chi connectivity index (χ1n) is 8.65. The van der Waals surface area contributed by atoms with Crippen molar-refractivity contribution in [2.24, 2.45) is 0 Å². The zero-order valence-corrected chi connectivity index (χ0v) is 17.5. The Morgan fingerprint density at radius 1 is 0.862 bits per heavy atom. The third-order valence-corrected chi connectivity index (χ3v) is 4.96. The van der Waals surface area contributed by atoms with E-state index >= 15 is 0 Å². The number of anilines is 3. The number of benzene rings is 3. The van der Waals surface area contributed by atoms with Crippen molar-refractivity contribution in [1.29, 1.82) is 0 Å². The van der Waals surface area contributed by atoms with Crippen LogP contribution < -0.4 is 14.8 Å². The number of nitrogens with zero attached hydrogens (tertiary/aromatic N) is 1. The Morgan fingerprint density at radius 3 is 2.00 bits per heavy atom. The van der Waals surface area contributed by atoms with Crippen LogP contribution in [0.3, 0.4) is 0 Å². The summed E-state index contributed by atoms with van der Waals surface area (Å²) >= 11 is 0. The van der Waals surface area contributed by atoms with Gasteiger partial charge in [-0.3, -0.25) is 4.72 Å². The molecule has 4 aromatic rings. The Morgan fingerprint density at radius 2 is 1.45 bits per heavy atom. The predicted octanol–water partition coefficient (Wildman–Crippen LogP) is 4.93. The lowest BCUT2D eigenvalue weighted by atomic mass is 10.1. The summed E-state index contributed by atoms with van der Waals surface area (Å²) < 4.78 is 31.5. The Hall–Kier alpha value is -3.03. The molecule has 0 saturated heterocycles. The van der Waals surface area contributed by atoms with E-state index in [9.17, 15) is 8.42 Å². The van der Waals surface area contributed by atoms with Crippen molar-refractivity contribution in [3.8, 4) is 5.75 Å². The molecule has 0 aliphatic carbocycles. The van der Waals surface area contributed by atoms with Gasteiger partial charge in [-0.15, -0.1) is 12.4 Å². The fourth-order valence-corrected chi connectivity index (χ4v) is 3.72. The van der Waals surface area contributed by atoms with Gasteiger partial charge in [0.25, 0.3) is 0 Å². The molecule has 0 aliphatic rings. The van der Waals surface area contributed by atoms with E-state index in [1.165, 1.54) is 7.11 Å². The van der Waals surface area contributed by atoms with Gasteiger partial charge in [-0.2, -0.15) is 0 Å². The number of hydrogen-bond donors (Lipinski definition) is 2. The maximum absolute atomic E-state index is 11.8. The predicted molar refractivity (Wildman–Crippen MR) is 121 cm³/mol. The summed E-state index contributed by atoms with van der Waals surface area (Å²) in [6.45, 7) is 0. The topological polar surface area (TPSA) is 80.3 Å². The number of hydrogen-bond acceptors (Lipinski definition) is 5. The fourth-order valence-electron chi connectivity index (χ4n) is 3.15. The molecule has 3 aromatic carbocycles. The molecule has 0 spiro atoms. The third-order valence-electron chi connectivity index (χ3n) is 4.37. The SMILES string of the molecule is COc1ccc(Nc2c3ccccc3nc3ccccc23)c(NS(C)(=O)=O)c1.Cl. The van der Waals surface area contributed by atoms with Crippen LogP contribution in [0, 0.1) is 0 Å². The van der Waals surface area contributed by atoms with Crippen molar-refractivity contribution in [3.63, 3.8) is 0 Å². The van der Waals surface area contributed by atoms with E-state index in [-0.39, 0.29) is 12.4 Å². The highest BCUT2D eigenvalue weighted by Crippen LogP contribution is 2.36. The quantitative estimate of drug-likeness (QED) is 0.439. The summed E-state index contributed by atoms with van der Waals surface area (Å²) in [5.74, 6) is 0.557. The van der Waals surface area contributed by atoms with Crippen LogP contribution in [0.4, 0.5) is 17.1 Å². The molecule has 1 aromatic heterocycles. The number of nitrogens with one attached hydrogen (secondary N) is 2. The Balaban J connectivity index is 0.00000240. The maximum Gasteiger partial charge on any atom is 0.229 e. The Bertz CT molecular complexity index is 1240. The van der Waals surface area contributed by atoms with E-state index in [2.05, 4.69) is 10.0 Å². The maximum atomic E-state index is 11.8. The van der Waals surface area contributed by atoms with Gasteiger partial charge in [0.2, 0.25) is 10.0 Å². The van der Waals surface area contributed by atoms with Crippen LogP contribution >= 0.6 is 12.4 Å². The first-order chi connectivity index (χ1) is 13.4. The second kappa shape index (κ2) is 8.14. The molecule has 0 bridgehead atoms. The lowest BCUT2D eigenvalue weighted by molar-refractivity contribution is 0.415. The van der Waals surface area contributed by atoms with E-state index < -0.39 is 10.0 Å². The summed E-state index contributed by atoms with van der Waals surface area (Å²) in [7, 11) is -1.92. The highest BCUT2D eigenvalue weighted by Gasteiger charge is 2.13. The van der Waals surface area contributed by atoms with Gasteiger partial charge in [-0.25, -0.2) is 13.4 Å². The molecule has 2 N–H and O–H groups in total. The number of fused-ring (bicyclic) bond motifs is 2. The molecular weight excluding hydrogens is 410 g/mol. The van der Waals surface area contributed by atoms with Gasteiger partial charge in [0.1, 0.15) is 5.75 Å². The van der Waals surface area contributed by atoms with Gasteiger partial charge in [0, 0.05) is 16.8 Å². The van der Waals surface area contributed by atoms with Crippen molar-refractivity contribution in [2.75, 3.05) is 23.4 Å². The zero-order chi connectivity index (χ0) is 19.7. The highest BCUT2D eigenvalue weighted by atomic mass is 35.5. The molecule has 0 unspecified atom stereocenters. The number of para-hydroxylation sites is 2. The van der Waals surface area contributed by atoms with Crippen LogP contribution in [0.15, 0.2) is 66.7 Å². The monoisotopic (exact) mass is 429 g/mol. The van der Waals surface area contributed by atoms with Crippen LogP contribution in [0.25, 0.3) is 21.8 Å². The lowest BCUT2D eigenvalue weighted by Crippen LogP contribution is -2.11. The lowest BCUT2D eigenvalue weighted by Gasteiger charge is -2.17. The number of sulfonamides is 1. The minimum absolute atomic E-state index is 0. The molecule has 0 saturated carbocycles. The molecule has 1 heterocycles. The van der Waals surface area contributed by atoms with Gasteiger partial charge in [-0.1, -0.05) is 36.4 Å².